The van der Waals surface area contributed by atoms with E-state index >= 15 is 0 Å². The maximum atomic E-state index is 12.4. The normalized spacial score (nSPS) is 11.8. The van der Waals surface area contributed by atoms with Crippen molar-refractivity contribution >= 4 is 0 Å². The van der Waals surface area contributed by atoms with Gasteiger partial charge in [-0.25, -0.2) is 4.79 Å². The fourth-order valence-electron chi connectivity index (χ4n) is 1.18. The fourth-order valence-corrected chi connectivity index (χ4v) is 1.18. The summed E-state index contributed by atoms with van der Waals surface area (Å²) in [5.41, 5.74) is -1.03. The molecule has 0 aliphatic rings. The van der Waals surface area contributed by atoms with Crippen LogP contribution in [0.3, 0.4) is 0 Å². The molecule has 0 atom stereocenters. The molecule has 0 bridgehead atoms. The second-order valence-electron chi connectivity index (χ2n) is 3.13. The molecule has 2 aromatic heterocycles. The highest BCUT2D eigenvalue weighted by Gasteiger charge is 2.31. The third-order valence-electron chi connectivity index (χ3n) is 2.00. The Balaban J connectivity index is 2.54. The van der Waals surface area contributed by atoms with E-state index in [9.17, 15) is 18.0 Å². The number of rotatable bonds is 1. The molecule has 0 saturated carbocycles. The highest BCUT2D eigenvalue weighted by Crippen LogP contribution is 2.30. The molecule has 2 heterocycles. The van der Waals surface area contributed by atoms with Gasteiger partial charge in [-0.05, 0) is 12.1 Å². The third kappa shape index (κ3) is 2.05. The number of alkyl halides is 3. The van der Waals surface area contributed by atoms with Crippen LogP contribution in [0.1, 0.15) is 5.56 Å². The van der Waals surface area contributed by atoms with Crippen LogP contribution in [0, 0.1) is 7.05 Å². The quantitative estimate of drug-likeness (QED) is 0.763. The predicted molar refractivity (Wildman–Crippen MR) is 49.8 cm³/mol. The van der Waals surface area contributed by atoms with Crippen molar-refractivity contribution in [1.29, 1.82) is 0 Å². The minimum absolute atomic E-state index is 0.138. The molecule has 0 saturated heterocycles. The van der Waals surface area contributed by atoms with E-state index in [4.69, 9.17) is 0 Å². The van der Waals surface area contributed by atoms with Crippen LogP contribution in [0.5, 0.6) is 0 Å². The van der Waals surface area contributed by atoms with E-state index in [0.29, 0.717) is 0 Å². The molecule has 0 amide bonds. The van der Waals surface area contributed by atoms with Gasteiger partial charge >= 0.3 is 11.9 Å². The first-order valence-electron chi connectivity index (χ1n) is 4.33. The van der Waals surface area contributed by atoms with E-state index in [-0.39, 0.29) is 11.5 Å². The van der Waals surface area contributed by atoms with Gasteiger partial charge in [0.15, 0.2) is 0 Å². The van der Waals surface area contributed by atoms with Crippen LogP contribution in [0.25, 0.3) is 11.5 Å². The minimum atomic E-state index is -4.49. The van der Waals surface area contributed by atoms with Crippen molar-refractivity contribution in [3.8, 4) is 11.5 Å². The summed E-state index contributed by atoms with van der Waals surface area (Å²) in [4.78, 5) is 14.6. The fraction of sp³-hybridized carbons (Fsp3) is 0.111. The van der Waals surface area contributed by atoms with E-state index < -0.39 is 17.5 Å². The summed E-state index contributed by atoms with van der Waals surface area (Å²) >= 11 is 0. The summed E-state index contributed by atoms with van der Waals surface area (Å²) in [7, 11) is 3.27. The van der Waals surface area contributed by atoms with Crippen molar-refractivity contribution in [3.05, 3.63) is 41.5 Å². The maximum Gasteiger partial charge on any atom is 0.441 e. The molecular formula is C9H5F3N3O2. The number of nitrogens with zero attached hydrogens (tertiary/aromatic N) is 3. The van der Waals surface area contributed by atoms with E-state index in [1.807, 2.05) is 0 Å². The first kappa shape index (κ1) is 11.4. The smallest absolute Gasteiger partial charge is 0.295 e. The number of hydrogen-bond acceptors (Lipinski definition) is 4. The van der Waals surface area contributed by atoms with Crippen LogP contribution < -0.4 is 5.76 Å². The molecule has 1 radical (unpaired) electrons. The highest BCUT2D eigenvalue weighted by atomic mass is 19.4. The van der Waals surface area contributed by atoms with Crippen molar-refractivity contribution in [2.75, 3.05) is 0 Å². The van der Waals surface area contributed by atoms with Gasteiger partial charge in [0.2, 0.25) is 5.82 Å². The second-order valence-corrected chi connectivity index (χ2v) is 3.13. The Labute approximate surface area is 92.5 Å². The molecule has 2 rings (SSSR count). The van der Waals surface area contributed by atoms with Gasteiger partial charge < -0.3 is 0 Å². The first-order valence-corrected chi connectivity index (χ1v) is 4.33. The molecule has 5 nitrogen and oxygen atoms in total. The Kier molecular flexibility index (Phi) is 2.49. The summed E-state index contributed by atoms with van der Waals surface area (Å²) in [6.07, 6.45) is -3.52. The van der Waals surface area contributed by atoms with E-state index in [2.05, 4.69) is 21.7 Å². The van der Waals surface area contributed by atoms with Crippen molar-refractivity contribution in [3.63, 3.8) is 0 Å². The third-order valence-corrected chi connectivity index (χ3v) is 2.00. The van der Waals surface area contributed by atoms with Crippen molar-refractivity contribution < 1.29 is 17.7 Å². The molecule has 0 fully saturated rings. The van der Waals surface area contributed by atoms with Crippen LogP contribution in [0.2, 0.25) is 0 Å². The number of aromatic nitrogens is 3. The van der Waals surface area contributed by atoms with Crippen molar-refractivity contribution in [2.24, 2.45) is 0 Å². The van der Waals surface area contributed by atoms with Crippen LogP contribution >= 0.6 is 0 Å². The molecule has 0 spiro atoms. The SMILES string of the molecule is [CH2]n1c(-c2cc(C(F)(F)F)ccn2)noc1=O. The zero-order chi connectivity index (χ0) is 12.6. The Morgan fingerprint density at radius 2 is 2.12 bits per heavy atom. The summed E-state index contributed by atoms with van der Waals surface area (Å²) in [6, 6.07) is 1.58. The Morgan fingerprint density at radius 3 is 2.65 bits per heavy atom. The molecule has 17 heavy (non-hydrogen) atoms. The summed E-state index contributed by atoms with van der Waals surface area (Å²) in [6.45, 7) is 0. The monoisotopic (exact) mass is 244 g/mol. The summed E-state index contributed by atoms with van der Waals surface area (Å²) in [5.74, 6) is -1.04. The van der Waals surface area contributed by atoms with Gasteiger partial charge in [0.25, 0.3) is 0 Å². The Hall–Kier alpha value is -2.12. The molecule has 0 aromatic carbocycles. The lowest BCUT2D eigenvalue weighted by atomic mass is 10.2. The van der Waals surface area contributed by atoms with E-state index in [0.717, 1.165) is 22.9 Å². The van der Waals surface area contributed by atoms with Gasteiger partial charge in [-0.1, -0.05) is 5.16 Å². The molecular weight excluding hydrogens is 239 g/mol. The van der Waals surface area contributed by atoms with Crippen LogP contribution in [-0.4, -0.2) is 14.7 Å². The lowest BCUT2D eigenvalue weighted by molar-refractivity contribution is -0.137. The largest absolute Gasteiger partial charge is 0.441 e. The van der Waals surface area contributed by atoms with Crippen molar-refractivity contribution in [2.45, 2.75) is 6.18 Å². The highest BCUT2D eigenvalue weighted by molar-refractivity contribution is 5.50. The van der Waals surface area contributed by atoms with Gasteiger partial charge in [0, 0.05) is 13.2 Å². The van der Waals surface area contributed by atoms with Crippen molar-refractivity contribution in [1.82, 2.24) is 14.7 Å². The first-order chi connectivity index (χ1) is 7.89. The Bertz CT molecular complexity index is 600. The molecule has 8 heteroatoms. The zero-order valence-electron chi connectivity index (χ0n) is 8.23. The molecule has 2 aromatic rings. The average Bonchev–Trinajstić information content (AvgIpc) is 2.59. The van der Waals surface area contributed by atoms with E-state index in [1.54, 1.807) is 0 Å². The molecule has 0 unspecified atom stereocenters. The lowest BCUT2D eigenvalue weighted by Crippen LogP contribution is -2.10. The van der Waals surface area contributed by atoms with Crippen LogP contribution in [-0.2, 0) is 6.18 Å². The topological polar surface area (TPSA) is 60.9 Å². The molecule has 0 N–H and O–H groups in total. The average molecular weight is 244 g/mol. The van der Waals surface area contributed by atoms with Gasteiger partial charge in [0.1, 0.15) is 5.69 Å². The maximum absolute atomic E-state index is 12.4. The van der Waals surface area contributed by atoms with Gasteiger partial charge in [0.05, 0.1) is 5.56 Å². The Morgan fingerprint density at radius 1 is 1.41 bits per heavy atom. The van der Waals surface area contributed by atoms with Gasteiger partial charge in [-0.15, -0.1) is 0 Å². The molecule has 0 aliphatic carbocycles. The number of hydrogen-bond donors (Lipinski definition) is 0. The predicted octanol–water partition coefficient (Wildman–Crippen LogP) is 1.56. The number of halogens is 3. The minimum Gasteiger partial charge on any atom is -0.295 e. The van der Waals surface area contributed by atoms with Crippen LogP contribution in [0.15, 0.2) is 27.6 Å². The summed E-state index contributed by atoms with van der Waals surface area (Å²) < 4.78 is 42.3. The van der Waals surface area contributed by atoms with Gasteiger partial charge in [-0.3, -0.25) is 14.1 Å². The second kappa shape index (κ2) is 3.72. The van der Waals surface area contributed by atoms with E-state index in [1.165, 1.54) is 0 Å². The number of pyridine rings is 1. The molecule has 89 valence electrons. The van der Waals surface area contributed by atoms with Crippen LogP contribution in [0.4, 0.5) is 13.2 Å². The molecule has 0 aliphatic heterocycles. The summed E-state index contributed by atoms with van der Waals surface area (Å²) in [5, 5.41) is 3.29. The zero-order valence-corrected chi connectivity index (χ0v) is 8.23. The van der Waals surface area contributed by atoms with Gasteiger partial charge in [-0.2, -0.15) is 13.2 Å². The lowest BCUT2D eigenvalue weighted by Gasteiger charge is -2.06. The standard InChI is InChI=1S/C9H5F3N3O2/c1-15-7(14-17-8(15)16)6-4-5(2-3-13-6)9(10,11)12/h2-4H,1H2.